The van der Waals surface area contributed by atoms with Gasteiger partial charge in [-0.05, 0) is 72.0 Å². The van der Waals surface area contributed by atoms with Crippen molar-refractivity contribution in [1.29, 1.82) is 0 Å². The van der Waals surface area contributed by atoms with Crippen LogP contribution in [0.15, 0.2) is 36.4 Å². The molecule has 1 unspecified atom stereocenters. The Morgan fingerprint density at radius 2 is 1.58 bits per heavy atom. The molecule has 2 aromatic carbocycles. The number of anilines is 1. The van der Waals surface area contributed by atoms with Gasteiger partial charge >= 0.3 is 6.18 Å². The summed E-state index contributed by atoms with van der Waals surface area (Å²) in [5, 5.41) is 15.2. The first-order chi connectivity index (χ1) is 22.3. The van der Waals surface area contributed by atoms with Gasteiger partial charge in [0.1, 0.15) is 5.54 Å². The number of alkyl halides is 7. The lowest BCUT2D eigenvalue weighted by Crippen LogP contribution is -2.61. The van der Waals surface area contributed by atoms with E-state index in [4.69, 9.17) is 5.73 Å². The highest BCUT2D eigenvalue weighted by Crippen LogP contribution is 2.38. The van der Waals surface area contributed by atoms with Crippen LogP contribution in [0.5, 0.6) is 0 Å². The topological polar surface area (TPSA) is 105 Å². The summed E-state index contributed by atoms with van der Waals surface area (Å²) in [6.45, 7) is 6.07. The van der Waals surface area contributed by atoms with Gasteiger partial charge in [-0.1, -0.05) is 31.1 Å². The number of likely N-dealkylation sites (N-methyl/N-ethyl adjacent to an activating group) is 1. The summed E-state index contributed by atoms with van der Waals surface area (Å²) in [5.74, 6) is -7.27. The van der Waals surface area contributed by atoms with Crippen LogP contribution in [0.4, 0.5) is 36.7 Å². The van der Waals surface area contributed by atoms with Gasteiger partial charge in [0.15, 0.2) is 0 Å². The van der Waals surface area contributed by atoms with Crippen molar-refractivity contribution in [2.45, 2.75) is 89.6 Å². The first-order valence-electron chi connectivity index (χ1n) is 15.7. The van der Waals surface area contributed by atoms with Crippen molar-refractivity contribution in [3.63, 3.8) is 0 Å². The van der Waals surface area contributed by atoms with E-state index in [2.05, 4.69) is 25.6 Å². The minimum Gasteiger partial charge on any atom is -0.368 e. The number of hydrogen-bond acceptors (Lipinski definition) is 7. The van der Waals surface area contributed by atoms with Crippen molar-refractivity contribution in [3.05, 3.63) is 69.8 Å². The average Bonchev–Trinajstić information content (AvgIpc) is 3.43. The van der Waals surface area contributed by atoms with E-state index in [1.807, 2.05) is 13.8 Å². The summed E-state index contributed by atoms with van der Waals surface area (Å²) in [6.07, 6.45) is -3.47. The first-order valence-corrected chi connectivity index (χ1v) is 15.7. The summed E-state index contributed by atoms with van der Waals surface area (Å²) >= 11 is 0. The Bertz CT molecular complexity index is 1540. The van der Waals surface area contributed by atoms with Gasteiger partial charge in [0.25, 0.3) is 17.8 Å². The second kappa shape index (κ2) is 14.0. The van der Waals surface area contributed by atoms with E-state index in [9.17, 15) is 35.5 Å². The molecule has 0 aliphatic carbocycles. The average molecular weight is 687 g/mol. The summed E-state index contributed by atoms with van der Waals surface area (Å²) in [6, 6.07) is 6.16. The van der Waals surface area contributed by atoms with Crippen LogP contribution >= 0.6 is 0 Å². The Morgan fingerprint density at radius 3 is 2.08 bits per heavy atom. The van der Waals surface area contributed by atoms with Crippen molar-refractivity contribution in [2.24, 2.45) is 12.8 Å². The van der Waals surface area contributed by atoms with Crippen molar-refractivity contribution in [3.8, 4) is 0 Å². The molecule has 0 radical (unpaired) electrons. The van der Waals surface area contributed by atoms with Gasteiger partial charge in [0.2, 0.25) is 5.91 Å². The number of tetrazole rings is 1. The number of aromatic nitrogens is 4. The molecule has 16 heteroatoms. The summed E-state index contributed by atoms with van der Waals surface area (Å²) < 4.78 is 99.4. The number of halogens is 7. The number of aryl methyl sites for hydroxylation is 1. The Morgan fingerprint density at radius 1 is 0.958 bits per heavy atom. The fourth-order valence-corrected chi connectivity index (χ4v) is 6.31. The van der Waals surface area contributed by atoms with Crippen molar-refractivity contribution >= 4 is 11.9 Å². The van der Waals surface area contributed by atoms with E-state index in [-0.39, 0.29) is 36.2 Å². The maximum absolute atomic E-state index is 14.7. The molecule has 48 heavy (non-hydrogen) atoms. The molecule has 3 N–H and O–H groups in total. The molecule has 3 aromatic rings. The van der Waals surface area contributed by atoms with Crippen LogP contribution in [0, 0.1) is 0 Å². The predicted molar refractivity (Wildman–Crippen MR) is 165 cm³/mol. The highest BCUT2D eigenvalue weighted by molar-refractivity contribution is 5.84. The number of likely N-dealkylation sites (tertiary alicyclic amines) is 1. The van der Waals surface area contributed by atoms with Crippen LogP contribution in [0.2, 0.25) is 0 Å². The second-order valence-corrected chi connectivity index (χ2v) is 12.5. The van der Waals surface area contributed by atoms with Gasteiger partial charge < -0.3 is 16.0 Å². The minimum atomic E-state index is -4.90. The van der Waals surface area contributed by atoms with Gasteiger partial charge in [-0.25, -0.2) is 17.6 Å². The van der Waals surface area contributed by atoms with E-state index in [1.54, 1.807) is 6.07 Å². The molecular formula is C32H41F7N8O. The number of carbonyl (C=O) groups is 1. The number of nitrogens with two attached hydrogens (primary N) is 1. The summed E-state index contributed by atoms with van der Waals surface area (Å²) in [7, 11) is 1.47. The lowest BCUT2D eigenvalue weighted by atomic mass is 9.84. The molecule has 9 nitrogen and oxygen atoms in total. The van der Waals surface area contributed by atoms with Crippen LogP contribution < -0.4 is 16.0 Å². The minimum absolute atomic E-state index is 0.0396. The number of nitrogens with one attached hydrogen (secondary N) is 1. The zero-order chi connectivity index (χ0) is 35.7. The van der Waals surface area contributed by atoms with Gasteiger partial charge in [-0.2, -0.15) is 18.0 Å². The smallest absolute Gasteiger partial charge is 0.368 e. The summed E-state index contributed by atoms with van der Waals surface area (Å²) in [4.78, 5) is 17.1. The van der Waals surface area contributed by atoms with Gasteiger partial charge in [0.05, 0.1) is 12.6 Å². The molecule has 1 atom stereocenters. The monoisotopic (exact) mass is 686 g/mol. The van der Waals surface area contributed by atoms with Crippen LogP contribution in [-0.2, 0) is 43.0 Å². The number of nitrogens with zero attached hydrogens (tertiary/aromatic N) is 6. The summed E-state index contributed by atoms with van der Waals surface area (Å²) in [5.41, 5.74) is 3.52. The highest BCUT2D eigenvalue weighted by Gasteiger charge is 2.41. The molecule has 1 aliphatic heterocycles. The van der Waals surface area contributed by atoms with Crippen molar-refractivity contribution in [2.75, 3.05) is 24.5 Å². The number of amides is 1. The first kappa shape index (κ1) is 37.0. The Labute approximate surface area is 274 Å². The number of benzene rings is 2. The zero-order valence-corrected chi connectivity index (χ0v) is 27.5. The molecule has 1 amide bonds. The fraction of sp³-hybridized carbons (Fsp3) is 0.562. The number of hydrogen-bond donors (Lipinski definition) is 2. The third-order valence-corrected chi connectivity index (χ3v) is 8.82. The SMILES string of the molecule is CCNC1(C(N)=O)CCN(C(CC)c2ccc(C(C)(F)F)cc2CN(Cc2cc(C(C)(F)F)cc(C(F)(F)F)c2)c2nnn(C)n2)CC1. The second-order valence-electron chi connectivity index (χ2n) is 12.5. The van der Waals surface area contributed by atoms with Crippen LogP contribution in [0.25, 0.3) is 0 Å². The zero-order valence-electron chi connectivity index (χ0n) is 27.5. The third kappa shape index (κ3) is 8.43. The molecule has 0 spiro atoms. The van der Waals surface area contributed by atoms with Crippen LogP contribution in [0.3, 0.4) is 0 Å². The molecule has 4 rings (SSSR count). The van der Waals surface area contributed by atoms with E-state index in [1.165, 1.54) is 24.1 Å². The van der Waals surface area contributed by atoms with Crippen molar-refractivity contribution in [1.82, 2.24) is 30.4 Å². The Balaban J connectivity index is 1.78. The molecular weight excluding hydrogens is 645 g/mol. The quantitative estimate of drug-likeness (QED) is 0.211. The molecule has 264 valence electrons. The van der Waals surface area contributed by atoms with E-state index < -0.39 is 40.6 Å². The van der Waals surface area contributed by atoms with Crippen molar-refractivity contribution < 1.29 is 35.5 Å². The molecule has 1 saturated heterocycles. The van der Waals surface area contributed by atoms with Gasteiger partial charge in [-0.3, -0.25) is 9.69 Å². The lowest BCUT2D eigenvalue weighted by Gasteiger charge is -2.43. The Kier molecular flexibility index (Phi) is 10.8. The van der Waals surface area contributed by atoms with Crippen LogP contribution in [-0.4, -0.2) is 56.2 Å². The normalized spacial score (nSPS) is 16.6. The maximum atomic E-state index is 14.7. The predicted octanol–water partition coefficient (Wildman–Crippen LogP) is 6.04. The fourth-order valence-electron chi connectivity index (χ4n) is 6.31. The highest BCUT2D eigenvalue weighted by atomic mass is 19.4. The van der Waals surface area contributed by atoms with Crippen LogP contribution in [0.1, 0.15) is 86.4 Å². The molecule has 0 saturated carbocycles. The largest absolute Gasteiger partial charge is 0.416 e. The van der Waals surface area contributed by atoms with E-state index in [0.717, 1.165) is 23.9 Å². The lowest BCUT2D eigenvalue weighted by molar-refractivity contribution is -0.137. The maximum Gasteiger partial charge on any atom is 0.416 e. The van der Waals surface area contributed by atoms with E-state index >= 15 is 0 Å². The molecule has 2 heterocycles. The number of primary amides is 1. The van der Waals surface area contributed by atoms with Gasteiger partial charge in [-0.15, -0.1) is 5.10 Å². The molecule has 1 aromatic heterocycles. The number of rotatable bonds is 13. The molecule has 1 aliphatic rings. The Hall–Kier alpha value is -3.79. The molecule has 0 bridgehead atoms. The number of carbonyl (C=O) groups excluding carboxylic acids is 1. The van der Waals surface area contributed by atoms with E-state index in [0.29, 0.717) is 63.0 Å². The molecule has 1 fully saturated rings. The standard InChI is InChI=1S/C32H41F7N8O/c1-6-26(46-12-10-31(11-13-46,27(40)48)41-7-2)25-9-8-22(29(3,33)34)16-21(25)19-47(28-42-44-45(5)43-28)18-20-14-23(30(4,35)36)17-24(15-20)32(37,38)39/h8-9,14-17,26,41H,6-7,10-13,18-19H2,1-5H3,(H2,40,48). The third-order valence-electron chi connectivity index (χ3n) is 8.82. The number of piperidine rings is 1. The van der Waals surface area contributed by atoms with Gasteiger partial charge in [0, 0.05) is 57.2 Å².